The molecular weight excluding hydrogens is 154 g/mol. The molecule has 0 bridgehead atoms. The molecule has 0 aliphatic rings. The van der Waals surface area contributed by atoms with Crippen LogP contribution in [-0.2, 0) is 4.79 Å². The Morgan fingerprint density at radius 2 is 2.25 bits per heavy atom. The molecule has 66 valence electrons. The lowest BCUT2D eigenvalue weighted by Crippen LogP contribution is -2.30. The highest BCUT2D eigenvalue weighted by molar-refractivity contribution is 5.79. The summed E-state index contributed by atoms with van der Waals surface area (Å²) in [7, 11) is 3.48. The van der Waals surface area contributed by atoms with Gasteiger partial charge in [-0.3, -0.25) is 9.48 Å². The standard InChI is InChI=1S/C8H13N3O/c1-7(8(12)10(2)3)11-6-4-5-9-11/h4-7H,1-3H3/t7-/m1/s1. The SMILES string of the molecule is C[C@H](C(=O)N(C)C)n1cccn1. The van der Waals surface area contributed by atoms with Crippen LogP contribution >= 0.6 is 0 Å². The third kappa shape index (κ3) is 1.64. The number of carbonyl (C=O) groups excluding carboxylic acids is 1. The first kappa shape index (κ1) is 8.77. The molecule has 4 nitrogen and oxygen atoms in total. The van der Waals surface area contributed by atoms with Crippen molar-refractivity contribution in [1.82, 2.24) is 14.7 Å². The lowest BCUT2D eigenvalue weighted by molar-refractivity contribution is -0.131. The number of aromatic nitrogens is 2. The Morgan fingerprint density at radius 3 is 2.67 bits per heavy atom. The third-order valence-corrected chi connectivity index (χ3v) is 1.72. The first-order valence-electron chi connectivity index (χ1n) is 3.83. The van der Waals surface area contributed by atoms with Crippen LogP contribution in [0.5, 0.6) is 0 Å². The Labute approximate surface area is 71.8 Å². The van der Waals surface area contributed by atoms with E-state index in [1.165, 1.54) is 0 Å². The molecule has 1 aromatic rings. The van der Waals surface area contributed by atoms with Gasteiger partial charge in [0, 0.05) is 26.5 Å². The molecule has 0 spiro atoms. The highest BCUT2D eigenvalue weighted by atomic mass is 16.2. The predicted molar refractivity (Wildman–Crippen MR) is 45.6 cm³/mol. The molecule has 1 rings (SSSR count). The first-order chi connectivity index (χ1) is 5.63. The monoisotopic (exact) mass is 167 g/mol. The molecule has 0 N–H and O–H groups in total. The number of nitrogens with zero attached hydrogens (tertiary/aromatic N) is 3. The van der Waals surface area contributed by atoms with Gasteiger partial charge in [-0.15, -0.1) is 0 Å². The van der Waals surface area contributed by atoms with Crippen molar-refractivity contribution < 1.29 is 4.79 Å². The molecule has 0 radical (unpaired) electrons. The zero-order valence-corrected chi connectivity index (χ0v) is 7.56. The highest BCUT2D eigenvalue weighted by Gasteiger charge is 2.15. The van der Waals surface area contributed by atoms with Gasteiger partial charge in [0.15, 0.2) is 0 Å². The maximum Gasteiger partial charge on any atom is 0.246 e. The second-order valence-corrected chi connectivity index (χ2v) is 2.89. The van der Waals surface area contributed by atoms with E-state index in [-0.39, 0.29) is 11.9 Å². The van der Waals surface area contributed by atoms with Crippen molar-refractivity contribution in [2.45, 2.75) is 13.0 Å². The maximum atomic E-state index is 11.4. The van der Waals surface area contributed by atoms with Crippen molar-refractivity contribution >= 4 is 5.91 Å². The van der Waals surface area contributed by atoms with Gasteiger partial charge in [0.25, 0.3) is 0 Å². The quantitative estimate of drug-likeness (QED) is 0.644. The van der Waals surface area contributed by atoms with Crippen LogP contribution in [0, 0.1) is 0 Å². The summed E-state index contributed by atoms with van der Waals surface area (Å²) in [5, 5.41) is 3.99. The molecule has 0 fully saturated rings. The van der Waals surface area contributed by atoms with Gasteiger partial charge < -0.3 is 4.90 Å². The molecule has 0 aliphatic carbocycles. The Balaban J connectivity index is 2.72. The van der Waals surface area contributed by atoms with E-state index in [1.807, 2.05) is 6.92 Å². The molecule has 1 aromatic heterocycles. The van der Waals surface area contributed by atoms with Crippen LogP contribution in [0.15, 0.2) is 18.5 Å². The van der Waals surface area contributed by atoms with Crippen LogP contribution in [0.2, 0.25) is 0 Å². The number of hydrogen-bond donors (Lipinski definition) is 0. The first-order valence-corrected chi connectivity index (χ1v) is 3.83. The molecule has 1 heterocycles. The summed E-state index contributed by atoms with van der Waals surface area (Å²) in [6.07, 6.45) is 3.45. The Hall–Kier alpha value is -1.32. The van der Waals surface area contributed by atoms with E-state index < -0.39 is 0 Å². The average molecular weight is 167 g/mol. The second kappa shape index (κ2) is 3.38. The highest BCUT2D eigenvalue weighted by Crippen LogP contribution is 2.05. The van der Waals surface area contributed by atoms with Crippen molar-refractivity contribution in [3.8, 4) is 0 Å². The number of hydrogen-bond acceptors (Lipinski definition) is 2. The van der Waals surface area contributed by atoms with E-state index in [0.717, 1.165) is 0 Å². The minimum absolute atomic E-state index is 0.0544. The average Bonchev–Trinajstić information content (AvgIpc) is 2.53. The van der Waals surface area contributed by atoms with Crippen LogP contribution in [0.3, 0.4) is 0 Å². The van der Waals surface area contributed by atoms with E-state index in [1.54, 1.807) is 42.1 Å². The molecule has 0 aromatic carbocycles. The zero-order chi connectivity index (χ0) is 9.14. The summed E-state index contributed by atoms with van der Waals surface area (Å²) in [5.74, 6) is 0.0544. The van der Waals surface area contributed by atoms with Gasteiger partial charge in [0.1, 0.15) is 6.04 Å². The van der Waals surface area contributed by atoms with E-state index in [9.17, 15) is 4.79 Å². The van der Waals surface area contributed by atoms with Crippen molar-refractivity contribution in [3.05, 3.63) is 18.5 Å². The number of likely N-dealkylation sites (N-methyl/N-ethyl adjacent to an activating group) is 1. The van der Waals surface area contributed by atoms with E-state index in [4.69, 9.17) is 0 Å². The van der Waals surface area contributed by atoms with Gasteiger partial charge in [-0.2, -0.15) is 5.10 Å². The van der Waals surface area contributed by atoms with Gasteiger partial charge in [-0.25, -0.2) is 0 Å². The largest absolute Gasteiger partial charge is 0.347 e. The molecule has 0 saturated heterocycles. The predicted octanol–water partition coefficient (Wildman–Crippen LogP) is 0.532. The topological polar surface area (TPSA) is 38.1 Å². The fraction of sp³-hybridized carbons (Fsp3) is 0.500. The summed E-state index contributed by atoms with van der Waals surface area (Å²) in [6.45, 7) is 1.83. The smallest absolute Gasteiger partial charge is 0.246 e. The van der Waals surface area contributed by atoms with Crippen molar-refractivity contribution in [2.75, 3.05) is 14.1 Å². The molecule has 1 atom stereocenters. The molecule has 0 unspecified atom stereocenters. The summed E-state index contributed by atoms with van der Waals surface area (Å²) < 4.78 is 1.64. The molecule has 0 aliphatic heterocycles. The molecule has 1 amide bonds. The Bertz CT molecular complexity index is 253. The van der Waals surface area contributed by atoms with Crippen molar-refractivity contribution in [3.63, 3.8) is 0 Å². The molecule has 0 saturated carbocycles. The maximum absolute atomic E-state index is 11.4. The second-order valence-electron chi connectivity index (χ2n) is 2.89. The summed E-state index contributed by atoms with van der Waals surface area (Å²) >= 11 is 0. The number of rotatable bonds is 2. The van der Waals surface area contributed by atoms with E-state index >= 15 is 0 Å². The molecule has 4 heteroatoms. The van der Waals surface area contributed by atoms with Crippen LogP contribution in [0.1, 0.15) is 13.0 Å². The normalized spacial score (nSPS) is 12.6. The minimum atomic E-state index is -0.213. The summed E-state index contributed by atoms with van der Waals surface area (Å²) in [6, 6.07) is 1.59. The Morgan fingerprint density at radius 1 is 1.58 bits per heavy atom. The van der Waals surface area contributed by atoms with Crippen molar-refractivity contribution in [2.24, 2.45) is 0 Å². The molecule has 12 heavy (non-hydrogen) atoms. The van der Waals surface area contributed by atoms with Crippen LogP contribution in [0.4, 0.5) is 0 Å². The summed E-state index contributed by atoms with van der Waals surface area (Å²) in [4.78, 5) is 13.0. The fourth-order valence-corrected chi connectivity index (χ4v) is 0.997. The van der Waals surface area contributed by atoms with Crippen LogP contribution in [0.25, 0.3) is 0 Å². The van der Waals surface area contributed by atoms with Gasteiger partial charge in [-0.1, -0.05) is 0 Å². The Kier molecular flexibility index (Phi) is 2.47. The van der Waals surface area contributed by atoms with Crippen molar-refractivity contribution in [1.29, 1.82) is 0 Å². The number of carbonyl (C=O) groups is 1. The van der Waals surface area contributed by atoms with Gasteiger partial charge in [0.05, 0.1) is 0 Å². The van der Waals surface area contributed by atoms with Gasteiger partial charge in [0.2, 0.25) is 5.91 Å². The fourth-order valence-electron chi connectivity index (χ4n) is 0.997. The van der Waals surface area contributed by atoms with Gasteiger partial charge >= 0.3 is 0 Å². The molecular formula is C8H13N3O. The zero-order valence-electron chi connectivity index (χ0n) is 7.56. The van der Waals surface area contributed by atoms with Crippen LogP contribution < -0.4 is 0 Å². The van der Waals surface area contributed by atoms with E-state index in [2.05, 4.69) is 5.10 Å². The van der Waals surface area contributed by atoms with Gasteiger partial charge in [-0.05, 0) is 13.0 Å². The lowest BCUT2D eigenvalue weighted by Gasteiger charge is -2.16. The van der Waals surface area contributed by atoms with Crippen LogP contribution in [-0.4, -0.2) is 34.7 Å². The minimum Gasteiger partial charge on any atom is -0.347 e. The lowest BCUT2D eigenvalue weighted by atomic mass is 10.3. The number of amides is 1. The third-order valence-electron chi connectivity index (χ3n) is 1.72. The van der Waals surface area contributed by atoms with E-state index in [0.29, 0.717) is 0 Å². The summed E-state index contributed by atoms with van der Waals surface area (Å²) in [5.41, 5.74) is 0.